The average Bonchev–Trinajstić information content (AvgIpc) is 2.77. The molecule has 0 unspecified atom stereocenters. The molecule has 0 atom stereocenters. The van der Waals surface area contributed by atoms with Gasteiger partial charge in [-0.05, 0) is 30.5 Å². The number of hydrogen-bond acceptors (Lipinski definition) is 4. The fourth-order valence-electron chi connectivity index (χ4n) is 2.65. The Balaban J connectivity index is 2.21. The molecule has 116 valence electrons. The van der Waals surface area contributed by atoms with Crippen LogP contribution in [0.2, 0.25) is 0 Å². The Bertz CT molecular complexity index is 694. The zero-order valence-corrected chi connectivity index (χ0v) is 12.9. The molecular weight excluding hydrogens is 282 g/mol. The topological polar surface area (TPSA) is 57.2 Å². The average molecular weight is 302 g/mol. The Morgan fingerprint density at radius 1 is 1.41 bits per heavy atom. The minimum Gasteiger partial charge on any atom is -0.488 e. The first-order valence-corrected chi connectivity index (χ1v) is 7.68. The van der Waals surface area contributed by atoms with Gasteiger partial charge in [0.25, 0.3) is 5.82 Å². The second-order valence-corrected chi connectivity index (χ2v) is 5.08. The molecule has 2 heterocycles. The molecule has 0 radical (unpaired) electrons. The predicted molar refractivity (Wildman–Crippen MR) is 79.4 cm³/mol. The summed E-state index contributed by atoms with van der Waals surface area (Å²) in [7, 11) is 0. The summed E-state index contributed by atoms with van der Waals surface area (Å²) in [5.74, 6) is 2.30. The van der Waals surface area contributed by atoms with Crippen LogP contribution >= 0.6 is 0 Å². The summed E-state index contributed by atoms with van der Waals surface area (Å²) >= 11 is 0. The highest BCUT2D eigenvalue weighted by atomic mass is 16.6. The Morgan fingerprint density at radius 3 is 3.00 bits per heavy atom. The van der Waals surface area contributed by atoms with Crippen LogP contribution in [0.5, 0.6) is 5.75 Å². The number of nitrogens with zero attached hydrogens (tertiary/aromatic N) is 3. The molecule has 0 spiro atoms. The molecule has 0 N–H and O–H groups in total. The molecule has 1 aromatic carbocycles. The van der Waals surface area contributed by atoms with Crippen LogP contribution in [0.15, 0.2) is 24.3 Å². The van der Waals surface area contributed by atoms with Gasteiger partial charge in [-0.15, -0.1) is 4.68 Å². The van der Waals surface area contributed by atoms with Crippen molar-refractivity contribution in [3.63, 3.8) is 0 Å². The van der Waals surface area contributed by atoms with Gasteiger partial charge in [0.05, 0.1) is 13.0 Å². The number of carbonyl (C=O) groups is 1. The molecule has 3 rings (SSSR count). The summed E-state index contributed by atoms with van der Waals surface area (Å²) in [5, 5.41) is 0. The molecule has 1 aliphatic heterocycles. The Hall–Kier alpha value is -2.37. The van der Waals surface area contributed by atoms with Crippen LogP contribution in [0, 0.1) is 0 Å². The number of para-hydroxylation sites is 2. The van der Waals surface area contributed by atoms with Crippen LogP contribution in [0.3, 0.4) is 0 Å². The smallest absolute Gasteiger partial charge is 0.454 e. The molecule has 0 amide bonds. The number of carbonyl (C=O) groups excluding carboxylic acids is 1. The molecule has 0 bridgehead atoms. The minimum absolute atomic E-state index is 0.329. The van der Waals surface area contributed by atoms with Crippen molar-refractivity contribution in [2.24, 2.45) is 0 Å². The van der Waals surface area contributed by atoms with Gasteiger partial charge in [-0.2, -0.15) is 0 Å². The summed E-state index contributed by atoms with van der Waals surface area (Å²) in [6, 6.07) is 7.67. The van der Waals surface area contributed by atoms with Crippen molar-refractivity contribution in [3.8, 4) is 11.4 Å². The molecule has 22 heavy (non-hydrogen) atoms. The fraction of sp³-hybridized carbons (Fsp3) is 0.438. The third-order valence-electron chi connectivity index (χ3n) is 3.54. The zero-order chi connectivity index (χ0) is 15.5. The van der Waals surface area contributed by atoms with Gasteiger partial charge in [-0.3, -0.25) is 0 Å². The van der Waals surface area contributed by atoms with Crippen LogP contribution in [-0.4, -0.2) is 29.0 Å². The van der Waals surface area contributed by atoms with Gasteiger partial charge in [0.15, 0.2) is 11.4 Å². The highest BCUT2D eigenvalue weighted by Crippen LogP contribution is 2.21. The van der Waals surface area contributed by atoms with E-state index < -0.39 is 6.09 Å². The molecular formula is C16H20N3O3+. The van der Waals surface area contributed by atoms with Crippen molar-refractivity contribution in [2.75, 3.05) is 13.2 Å². The molecule has 0 fully saturated rings. The summed E-state index contributed by atoms with van der Waals surface area (Å²) in [5.41, 5.74) is 0.818. The number of aryl methyl sites for hydroxylation is 1. The number of benzene rings is 1. The molecule has 6 nitrogen and oxygen atoms in total. The van der Waals surface area contributed by atoms with Crippen molar-refractivity contribution in [3.05, 3.63) is 35.9 Å². The van der Waals surface area contributed by atoms with E-state index in [0.717, 1.165) is 35.9 Å². The molecule has 2 aromatic rings. The van der Waals surface area contributed by atoms with Crippen molar-refractivity contribution in [1.82, 2.24) is 9.67 Å². The van der Waals surface area contributed by atoms with Crippen molar-refractivity contribution < 1.29 is 19.0 Å². The van der Waals surface area contributed by atoms with E-state index in [0.29, 0.717) is 19.6 Å². The molecule has 1 aliphatic rings. The number of ether oxygens (including phenoxy) is 2. The van der Waals surface area contributed by atoms with Crippen LogP contribution in [0.25, 0.3) is 5.69 Å². The SMILES string of the molecule is CCCc1nc2[n+](n1C(=O)OCC)-c1ccccc1OCC2. The lowest BCUT2D eigenvalue weighted by molar-refractivity contribution is -0.681. The van der Waals surface area contributed by atoms with Crippen LogP contribution in [-0.2, 0) is 17.6 Å². The minimum atomic E-state index is -0.401. The third-order valence-corrected chi connectivity index (χ3v) is 3.54. The van der Waals surface area contributed by atoms with Gasteiger partial charge < -0.3 is 9.47 Å². The van der Waals surface area contributed by atoms with E-state index in [2.05, 4.69) is 11.9 Å². The number of aromatic nitrogens is 3. The first-order valence-electron chi connectivity index (χ1n) is 7.68. The fourth-order valence-corrected chi connectivity index (χ4v) is 2.65. The van der Waals surface area contributed by atoms with Crippen molar-refractivity contribution in [2.45, 2.75) is 33.1 Å². The largest absolute Gasteiger partial charge is 0.488 e. The first-order chi connectivity index (χ1) is 10.8. The number of rotatable bonds is 3. The second kappa shape index (κ2) is 6.17. The van der Waals surface area contributed by atoms with Gasteiger partial charge in [-0.25, -0.2) is 4.79 Å². The van der Waals surface area contributed by atoms with Gasteiger partial charge in [0.2, 0.25) is 0 Å². The van der Waals surface area contributed by atoms with E-state index >= 15 is 0 Å². The van der Waals surface area contributed by atoms with E-state index in [1.54, 1.807) is 6.92 Å². The van der Waals surface area contributed by atoms with E-state index in [4.69, 9.17) is 9.47 Å². The molecule has 0 aliphatic carbocycles. The lowest BCUT2D eigenvalue weighted by Crippen LogP contribution is -2.47. The quantitative estimate of drug-likeness (QED) is 0.814. The number of fused-ring (bicyclic) bond motifs is 3. The van der Waals surface area contributed by atoms with E-state index in [1.807, 2.05) is 28.9 Å². The Labute approximate surface area is 129 Å². The van der Waals surface area contributed by atoms with E-state index in [9.17, 15) is 4.79 Å². The summed E-state index contributed by atoms with van der Waals surface area (Å²) in [6.45, 7) is 4.74. The highest BCUT2D eigenvalue weighted by Gasteiger charge is 2.34. The van der Waals surface area contributed by atoms with Gasteiger partial charge in [-0.1, -0.05) is 23.7 Å². The summed E-state index contributed by atoms with van der Waals surface area (Å²) < 4.78 is 14.3. The Kier molecular flexibility index (Phi) is 4.09. The number of hydrogen-bond donors (Lipinski definition) is 0. The van der Waals surface area contributed by atoms with Crippen LogP contribution < -0.4 is 9.42 Å². The lowest BCUT2D eigenvalue weighted by atomic mass is 10.3. The molecule has 0 saturated carbocycles. The van der Waals surface area contributed by atoms with Crippen molar-refractivity contribution >= 4 is 6.09 Å². The van der Waals surface area contributed by atoms with Gasteiger partial charge >= 0.3 is 11.9 Å². The van der Waals surface area contributed by atoms with Gasteiger partial charge in [0.1, 0.15) is 6.61 Å². The lowest BCUT2D eigenvalue weighted by Gasteiger charge is -2.08. The van der Waals surface area contributed by atoms with E-state index in [1.165, 1.54) is 4.68 Å². The zero-order valence-electron chi connectivity index (χ0n) is 12.9. The summed E-state index contributed by atoms with van der Waals surface area (Å²) in [6.07, 6.45) is 1.88. The second-order valence-electron chi connectivity index (χ2n) is 5.08. The predicted octanol–water partition coefficient (Wildman–Crippen LogP) is 2.05. The monoisotopic (exact) mass is 302 g/mol. The van der Waals surface area contributed by atoms with Crippen LogP contribution in [0.4, 0.5) is 4.79 Å². The Morgan fingerprint density at radius 2 is 2.23 bits per heavy atom. The maximum absolute atomic E-state index is 12.4. The third kappa shape index (κ3) is 2.45. The van der Waals surface area contributed by atoms with E-state index in [-0.39, 0.29) is 0 Å². The van der Waals surface area contributed by atoms with Gasteiger partial charge in [0, 0.05) is 6.42 Å². The normalized spacial score (nSPS) is 12.8. The maximum atomic E-state index is 12.4. The molecule has 0 saturated heterocycles. The standard InChI is InChI=1S/C16H20N3O3/c1-3-7-14-17-15-10-11-22-13-9-6-5-8-12(13)18(15)19(14)16(20)21-4-2/h5-6,8-9H,3-4,7,10-11H2,1-2H3/q+1. The molecule has 6 heteroatoms. The molecule has 1 aromatic heterocycles. The summed E-state index contributed by atoms with van der Waals surface area (Å²) in [4.78, 5) is 17.1. The first kappa shape index (κ1) is 14.6. The highest BCUT2D eigenvalue weighted by molar-refractivity contribution is 5.69. The van der Waals surface area contributed by atoms with Crippen molar-refractivity contribution in [1.29, 1.82) is 0 Å². The maximum Gasteiger partial charge on any atom is 0.454 e. The van der Waals surface area contributed by atoms with Crippen LogP contribution in [0.1, 0.15) is 31.9 Å².